The van der Waals surface area contributed by atoms with Gasteiger partial charge >= 0.3 is 0 Å². The molecule has 0 amide bonds. The molecule has 0 aliphatic carbocycles. The Bertz CT molecular complexity index is 1020. The Labute approximate surface area is 161 Å². The highest BCUT2D eigenvalue weighted by atomic mass is 16.6. The maximum absolute atomic E-state index is 11.0. The lowest BCUT2D eigenvalue weighted by Crippen LogP contribution is -2.50. The van der Waals surface area contributed by atoms with Crippen LogP contribution in [0, 0.1) is 27.4 Å². The average molecular weight is 375 g/mol. The zero-order valence-electron chi connectivity index (χ0n) is 14.9. The molecule has 3 heterocycles. The molecule has 7 heteroatoms. The molecule has 1 saturated heterocycles. The van der Waals surface area contributed by atoms with Crippen molar-refractivity contribution in [2.45, 2.75) is 25.0 Å². The summed E-state index contributed by atoms with van der Waals surface area (Å²) in [6.45, 7) is 0.655. The predicted octanol–water partition coefficient (Wildman–Crippen LogP) is 4.08. The summed E-state index contributed by atoms with van der Waals surface area (Å²) in [5.41, 5.74) is 2.35. The van der Waals surface area contributed by atoms with Gasteiger partial charge in [-0.15, -0.1) is 0 Å². The summed E-state index contributed by atoms with van der Waals surface area (Å²) in [5.74, 6) is 1.05. The Kier molecular flexibility index (Phi) is 3.81. The van der Waals surface area contributed by atoms with Crippen LogP contribution < -0.4 is 9.64 Å². The zero-order valence-corrected chi connectivity index (χ0v) is 14.9. The van der Waals surface area contributed by atoms with Gasteiger partial charge in [-0.1, -0.05) is 24.3 Å². The summed E-state index contributed by atoms with van der Waals surface area (Å²) in [5, 5.41) is 21.0. The van der Waals surface area contributed by atoms with Gasteiger partial charge in [-0.05, 0) is 30.5 Å². The fourth-order valence-corrected chi connectivity index (χ4v) is 4.51. The zero-order chi connectivity index (χ0) is 19.3. The highest BCUT2D eigenvalue weighted by molar-refractivity contribution is 5.70. The number of benzene rings is 2. The van der Waals surface area contributed by atoms with Crippen LogP contribution in [0.4, 0.5) is 11.4 Å². The largest absolute Gasteiger partial charge is 0.437 e. The molecule has 0 saturated carbocycles. The van der Waals surface area contributed by atoms with Gasteiger partial charge in [-0.25, -0.2) is 0 Å². The number of nitriles is 1. The monoisotopic (exact) mass is 375 g/mol. The van der Waals surface area contributed by atoms with Crippen LogP contribution in [0.3, 0.4) is 0 Å². The number of anilines is 1. The van der Waals surface area contributed by atoms with Gasteiger partial charge < -0.3 is 9.47 Å². The van der Waals surface area contributed by atoms with Gasteiger partial charge in [0, 0.05) is 30.6 Å². The van der Waals surface area contributed by atoms with Crippen molar-refractivity contribution in [2.75, 3.05) is 11.5 Å². The maximum Gasteiger partial charge on any atom is 0.269 e. The lowest BCUT2D eigenvalue weighted by Gasteiger charge is -2.45. The average Bonchev–Trinajstić information content (AvgIpc) is 3.12. The lowest BCUT2D eigenvalue weighted by molar-refractivity contribution is -0.384. The molecule has 0 aromatic heterocycles. The van der Waals surface area contributed by atoms with Gasteiger partial charge in [0.15, 0.2) is 5.75 Å². The molecule has 5 rings (SSSR count). The van der Waals surface area contributed by atoms with Crippen LogP contribution in [0.1, 0.15) is 24.3 Å². The number of hydrogen-bond acceptors (Lipinski definition) is 6. The second-order valence-electron chi connectivity index (χ2n) is 7.16. The number of rotatable bonds is 2. The van der Waals surface area contributed by atoms with Gasteiger partial charge in [0.05, 0.1) is 16.2 Å². The van der Waals surface area contributed by atoms with Crippen molar-refractivity contribution in [3.05, 3.63) is 75.7 Å². The Morgan fingerprint density at radius 3 is 2.71 bits per heavy atom. The molecular formula is C21H17N3O4. The van der Waals surface area contributed by atoms with E-state index < -0.39 is 4.92 Å². The quantitative estimate of drug-likeness (QED) is 0.580. The van der Waals surface area contributed by atoms with Crippen LogP contribution >= 0.6 is 0 Å². The van der Waals surface area contributed by atoms with E-state index in [2.05, 4.69) is 6.07 Å². The fraction of sp³-hybridized carbons (Fsp3) is 0.286. The van der Waals surface area contributed by atoms with Gasteiger partial charge in [-0.3, -0.25) is 15.0 Å². The fourth-order valence-electron chi connectivity index (χ4n) is 4.51. The van der Waals surface area contributed by atoms with Gasteiger partial charge in [0.1, 0.15) is 12.3 Å². The van der Waals surface area contributed by atoms with E-state index in [4.69, 9.17) is 9.47 Å². The van der Waals surface area contributed by atoms with Crippen molar-refractivity contribution in [1.29, 1.82) is 5.26 Å². The molecule has 3 aliphatic heterocycles. The molecule has 3 atom stereocenters. The van der Waals surface area contributed by atoms with Crippen molar-refractivity contribution in [1.82, 2.24) is 0 Å². The highest BCUT2D eigenvalue weighted by Gasteiger charge is 2.50. The molecule has 3 aliphatic rings. The normalized spacial score (nSPS) is 25.2. The Balaban J connectivity index is 1.66. The van der Waals surface area contributed by atoms with Crippen molar-refractivity contribution >= 4 is 11.4 Å². The Morgan fingerprint density at radius 2 is 1.96 bits per heavy atom. The lowest BCUT2D eigenvalue weighted by atomic mass is 9.74. The second-order valence-corrected chi connectivity index (χ2v) is 7.16. The first-order chi connectivity index (χ1) is 13.7. The molecule has 1 fully saturated rings. The number of hydrogen-bond donors (Lipinski definition) is 0. The minimum Gasteiger partial charge on any atom is -0.437 e. The van der Waals surface area contributed by atoms with E-state index in [0.717, 1.165) is 24.1 Å². The SMILES string of the molecule is N#CC1=C2Oc3ccccc3N2[C@H]2OCCC[C@H]2[C@@H]1c1ccc([N+](=O)[O-])cc1. The number of non-ortho nitro benzene ring substituents is 1. The van der Waals surface area contributed by atoms with Crippen LogP contribution in [0.5, 0.6) is 5.75 Å². The predicted molar refractivity (Wildman–Crippen MR) is 100 cm³/mol. The highest BCUT2D eigenvalue weighted by Crippen LogP contribution is 2.53. The third kappa shape index (κ3) is 2.38. The second kappa shape index (κ2) is 6.36. The summed E-state index contributed by atoms with van der Waals surface area (Å²) in [4.78, 5) is 12.6. The number of ether oxygens (including phenoxy) is 2. The van der Waals surface area contributed by atoms with E-state index in [-0.39, 0.29) is 23.8 Å². The minimum atomic E-state index is -0.417. The molecule has 7 nitrogen and oxygen atoms in total. The van der Waals surface area contributed by atoms with Crippen LogP contribution in [0.25, 0.3) is 0 Å². The van der Waals surface area contributed by atoms with Gasteiger partial charge in [0.25, 0.3) is 5.69 Å². The smallest absolute Gasteiger partial charge is 0.269 e. The Morgan fingerprint density at radius 1 is 1.18 bits per heavy atom. The van der Waals surface area contributed by atoms with Gasteiger partial charge in [0.2, 0.25) is 5.88 Å². The topological polar surface area (TPSA) is 88.6 Å². The minimum absolute atomic E-state index is 0.0355. The summed E-state index contributed by atoms with van der Waals surface area (Å²) in [6.07, 6.45) is 1.59. The molecule has 0 bridgehead atoms. The van der Waals surface area contributed by atoms with Crippen molar-refractivity contribution < 1.29 is 14.4 Å². The third-order valence-electron chi connectivity index (χ3n) is 5.69. The van der Waals surface area contributed by atoms with Crippen molar-refractivity contribution in [3.63, 3.8) is 0 Å². The summed E-state index contributed by atoms with van der Waals surface area (Å²) in [7, 11) is 0. The summed E-state index contributed by atoms with van der Waals surface area (Å²) >= 11 is 0. The standard InChI is InChI=1S/C21H17N3O4/c22-12-16-19(13-7-9-14(10-8-13)24(25)26)15-4-3-11-27-20(15)23-17-5-1-2-6-18(17)28-21(16)23/h1-2,5-10,15,19-20H,3-4,11H2/t15-,19-,20-/m0/s1. The molecule has 140 valence electrons. The summed E-state index contributed by atoms with van der Waals surface area (Å²) in [6, 6.07) is 16.5. The molecule has 2 aromatic rings. The first-order valence-corrected chi connectivity index (χ1v) is 9.25. The van der Waals surface area contributed by atoms with Crippen LogP contribution in [0.2, 0.25) is 0 Å². The van der Waals surface area contributed by atoms with Crippen LogP contribution in [-0.2, 0) is 4.74 Å². The van der Waals surface area contributed by atoms with Crippen LogP contribution in [0.15, 0.2) is 60.0 Å². The molecule has 0 spiro atoms. The first-order valence-electron chi connectivity index (χ1n) is 9.25. The molecule has 0 unspecified atom stereocenters. The molecule has 2 aromatic carbocycles. The Hall–Kier alpha value is -3.37. The van der Waals surface area contributed by atoms with E-state index in [9.17, 15) is 15.4 Å². The third-order valence-corrected chi connectivity index (χ3v) is 5.69. The first kappa shape index (κ1) is 16.8. The summed E-state index contributed by atoms with van der Waals surface area (Å²) < 4.78 is 12.2. The molecule has 28 heavy (non-hydrogen) atoms. The van der Waals surface area contributed by atoms with E-state index in [1.807, 2.05) is 29.2 Å². The van der Waals surface area contributed by atoms with Crippen LogP contribution in [-0.4, -0.2) is 17.8 Å². The van der Waals surface area contributed by atoms with E-state index >= 15 is 0 Å². The van der Waals surface area contributed by atoms with Gasteiger partial charge in [-0.2, -0.15) is 5.26 Å². The number of nitro benzene ring substituents is 1. The van der Waals surface area contributed by atoms with Crippen molar-refractivity contribution in [3.8, 4) is 11.8 Å². The molecular weight excluding hydrogens is 358 g/mol. The number of para-hydroxylation sites is 2. The number of nitro groups is 1. The van der Waals surface area contributed by atoms with Crippen molar-refractivity contribution in [2.24, 2.45) is 5.92 Å². The maximum atomic E-state index is 11.0. The van der Waals surface area contributed by atoms with E-state index in [0.29, 0.717) is 23.8 Å². The molecule has 0 radical (unpaired) electrons. The molecule has 0 N–H and O–H groups in total. The number of fused-ring (bicyclic) bond motifs is 5. The van der Waals surface area contributed by atoms with E-state index in [1.54, 1.807) is 12.1 Å². The number of allylic oxidation sites excluding steroid dienone is 1. The van der Waals surface area contributed by atoms with E-state index in [1.165, 1.54) is 12.1 Å². The number of nitrogens with zero attached hydrogens (tertiary/aromatic N) is 3.